The van der Waals surface area contributed by atoms with Gasteiger partial charge in [-0.25, -0.2) is 4.79 Å². The summed E-state index contributed by atoms with van der Waals surface area (Å²) in [5.41, 5.74) is 0.563. The van der Waals surface area contributed by atoms with Gasteiger partial charge in [0.1, 0.15) is 5.69 Å². The van der Waals surface area contributed by atoms with Crippen LogP contribution in [0.5, 0.6) is 0 Å². The summed E-state index contributed by atoms with van der Waals surface area (Å²) in [6.45, 7) is 2.16. The molecular weight excluding hydrogens is 272 g/mol. The topological polar surface area (TPSA) is 81.5 Å². The van der Waals surface area contributed by atoms with Gasteiger partial charge in [0.05, 0.1) is 17.6 Å². The van der Waals surface area contributed by atoms with Crippen molar-refractivity contribution < 1.29 is 14.5 Å². The first-order valence-corrected chi connectivity index (χ1v) is 7.16. The number of rotatable bonds is 4. The summed E-state index contributed by atoms with van der Waals surface area (Å²) in [7, 11) is 1.25. The molecule has 1 saturated carbocycles. The van der Waals surface area contributed by atoms with Crippen LogP contribution in [0.1, 0.15) is 43.0 Å². The molecule has 0 bridgehead atoms. The van der Waals surface area contributed by atoms with E-state index in [1.807, 2.05) is 0 Å². The molecule has 6 heteroatoms. The predicted octanol–water partition coefficient (Wildman–Crippen LogP) is 3.37. The molecular formula is C15H20N2O4. The fourth-order valence-electron chi connectivity index (χ4n) is 2.78. The maximum atomic E-state index is 11.5. The normalized spacial score (nSPS) is 21.6. The molecule has 0 aromatic heterocycles. The Bertz CT molecular complexity index is 544. The van der Waals surface area contributed by atoms with Gasteiger partial charge in [0.2, 0.25) is 0 Å². The lowest BCUT2D eigenvalue weighted by Gasteiger charge is -2.30. The number of nitrogens with zero attached hydrogens (tertiary/aromatic N) is 1. The molecule has 2 rings (SSSR count). The van der Waals surface area contributed by atoms with E-state index in [-0.39, 0.29) is 17.3 Å². The largest absolute Gasteiger partial charge is 0.465 e. The number of hydrogen-bond acceptors (Lipinski definition) is 5. The van der Waals surface area contributed by atoms with E-state index in [0.29, 0.717) is 11.6 Å². The monoisotopic (exact) mass is 292 g/mol. The zero-order chi connectivity index (χ0) is 15.4. The Morgan fingerprint density at radius 2 is 2.10 bits per heavy atom. The molecule has 2 atom stereocenters. The molecule has 1 aromatic carbocycles. The number of anilines is 1. The van der Waals surface area contributed by atoms with Gasteiger partial charge in [0, 0.05) is 12.1 Å². The van der Waals surface area contributed by atoms with Gasteiger partial charge in [-0.3, -0.25) is 10.1 Å². The van der Waals surface area contributed by atoms with E-state index in [1.54, 1.807) is 12.1 Å². The number of hydrogen-bond donors (Lipinski definition) is 1. The number of carbonyl (C=O) groups is 1. The van der Waals surface area contributed by atoms with Crippen molar-refractivity contribution in [1.29, 1.82) is 0 Å². The van der Waals surface area contributed by atoms with Crippen molar-refractivity contribution in [2.45, 2.75) is 38.6 Å². The van der Waals surface area contributed by atoms with Crippen LogP contribution in [0.4, 0.5) is 11.4 Å². The predicted molar refractivity (Wildman–Crippen MR) is 79.5 cm³/mol. The lowest BCUT2D eigenvalue weighted by Crippen LogP contribution is -2.30. The summed E-state index contributed by atoms with van der Waals surface area (Å²) in [6, 6.07) is 4.64. The Morgan fingerprint density at radius 1 is 1.38 bits per heavy atom. The van der Waals surface area contributed by atoms with E-state index in [0.717, 1.165) is 19.3 Å². The fraction of sp³-hybridized carbons (Fsp3) is 0.533. The van der Waals surface area contributed by atoms with Crippen LogP contribution < -0.4 is 5.32 Å². The van der Waals surface area contributed by atoms with Crippen LogP contribution in [0.3, 0.4) is 0 Å². The molecule has 1 aliphatic rings. The van der Waals surface area contributed by atoms with Gasteiger partial charge in [0.25, 0.3) is 5.69 Å². The third-order valence-electron chi connectivity index (χ3n) is 4.07. The molecule has 0 spiro atoms. The van der Waals surface area contributed by atoms with Crippen molar-refractivity contribution in [3.63, 3.8) is 0 Å². The number of benzene rings is 1. The van der Waals surface area contributed by atoms with E-state index in [1.165, 1.54) is 19.6 Å². The molecule has 0 radical (unpaired) electrons. The number of nitro groups is 1. The van der Waals surface area contributed by atoms with E-state index in [4.69, 9.17) is 0 Å². The van der Waals surface area contributed by atoms with Crippen LogP contribution in [0.2, 0.25) is 0 Å². The highest BCUT2D eigenvalue weighted by atomic mass is 16.6. The Labute approximate surface area is 123 Å². The highest BCUT2D eigenvalue weighted by Crippen LogP contribution is 2.31. The van der Waals surface area contributed by atoms with Gasteiger partial charge in [-0.05, 0) is 30.9 Å². The minimum absolute atomic E-state index is 0.0873. The number of nitrogens with one attached hydrogen (secondary N) is 1. The highest BCUT2D eigenvalue weighted by molar-refractivity contribution is 5.91. The zero-order valence-corrected chi connectivity index (χ0v) is 12.3. The lowest BCUT2D eigenvalue weighted by molar-refractivity contribution is -0.384. The Hall–Kier alpha value is -2.11. The second kappa shape index (κ2) is 6.56. The molecule has 1 aromatic rings. The third-order valence-corrected chi connectivity index (χ3v) is 4.07. The molecule has 21 heavy (non-hydrogen) atoms. The van der Waals surface area contributed by atoms with Crippen LogP contribution in [-0.2, 0) is 4.74 Å². The lowest BCUT2D eigenvalue weighted by atomic mass is 9.86. The summed E-state index contributed by atoms with van der Waals surface area (Å²) < 4.78 is 4.60. The number of carbonyl (C=O) groups excluding carboxylic acids is 1. The van der Waals surface area contributed by atoms with E-state index in [2.05, 4.69) is 17.0 Å². The smallest absolute Gasteiger partial charge is 0.338 e. The quantitative estimate of drug-likeness (QED) is 0.522. The van der Waals surface area contributed by atoms with Crippen molar-refractivity contribution >= 4 is 17.3 Å². The van der Waals surface area contributed by atoms with Gasteiger partial charge in [-0.2, -0.15) is 0 Å². The first-order valence-electron chi connectivity index (χ1n) is 7.16. The van der Waals surface area contributed by atoms with Crippen LogP contribution in [-0.4, -0.2) is 24.0 Å². The average Bonchev–Trinajstić information content (AvgIpc) is 2.49. The second-order valence-corrected chi connectivity index (χ2v) is 5.49. The molecule has 114 valence electrons. The SMILES string of the molecule is COC(=O)c1ccc(N[C@H]2CCCC[C@@H]2C)c([N+](=O)[O-])c1. The van der Waals surface area contributed by atoms with Crippen molar-refractivity contribution in [2.24, 2.45) is 5.92 Å². The highest BCUT2D eigenvalue weighted by Gasteiger charge is 2.25. The van der Waals surface area contributed by atoms with Gasteiger partial charge >= 0.3 is 5.97 Å². The van der Waals surface area contributed by atoms with E-state index < -0.39 is 10.9 Å². The summed E-state index contributed by atoms with van der Waals surface area (Å²) in [5, 5.41) is 14.5. The van der Waals surface area contributed by atoms with Gasteiger partial charge in [-0.15, -0.1) is 0 Å². The first-order chi connectivity index (χ1) is 10.0. The molecule has 0 unspecified atom stereocenters. The summed E-state index contributed by atoms with van der Waals surface area (Å²) in [6.07, 6.45) is 4.49. The fourth-order valence-corrected chi connectivity index (χ4v) is 2.78. The van der Waals surface area contributed by atoms with Gasteiger partial charge in [0.15, 0.2) is 0 Å². The van der Waals surface area contributed by atoms with Gasteiger partial charge in [-0.1, -0.05) is 19.8 Å². The van der Waals surface area contributed by atoms with Crippen LogP contribution >= 0.6 is 0 Å². The van der Waals surface area contributed by atoms with Crippen molar-refractivity contribution in [3.8, 4) is 0 Å². The van der Waals surface area contributed by atoms with Crippen LogP contribution in [0.25, 0.3) is 0 Å². The van der Waals surface area contributed by atoms with Crippen LogP contribution in [0.15, 0.2) is 18.2 Å². The molecule has 0 amide bonds. The van der Waals surface area contributed by atoms with Crippen molar-refractivity contribution in [2.75, 3.05) is 12.4 Å². The average molecular weight is 292 g/mol. The van der Waals surface area contributed by atoms with E-state index in [9.17, 15) is 14.9 Å². The molecule has 0 saturated heterocycles. The zero-order valence-electron chi connectivity index (χ0n) is 12.3. The summed E-state index contributed by atoms with van der Waals surface area (Å²) in [4.78, 5) is 22.2. The maximum absolute atomic E-state index is 11.5. The molecule has 6 nitrogen and oxygen atoms in total. The van der Waals surface area contributed by atoms with E-state index >= 15 is 0 Å². The number of methoxy groups -OCH3 is 1. The Morgan fingerprint density at radius 3 is 2.71 bits per heavy atom. The minimum atomic E-state index is -0.573. The number of nitro benzene ring substituents is 1. The van der Waals surface area contributed by atoms with Crippen LogP contribution in [0, 0.1) is 16.0 Å². The van der Waals surface area contributed by atoms with Crippen molar-refractivity contribution in [1.82, 2.24) is 0 Å². The number of esters is 1. The molecule has 0 aliphatic heterocycles. The number of ether oxygens (including phenoxy) is 1. The molecule has 1 fully saturated rings. The molecule has 1 aliphatic carbocycles. The maximum Gasteiger partial charge on any atom is 0.338 e. The Kier molecular flexibility index (Phi) is 4.77. The summed E-state index contributed by atoms with van der Waals surface area (Å²) >= 11 is 0. The summed E-state index contributed by atoms with van der Waals surface area (Å²) in [5.74, 6) is -0.0886. The Balaban J connectivity index is 2.26. The standard InChI is InChI=1S/C15H20N2O4/c1-10-5-3-4-6-12(10)16-13-8-7-11(15(18)21-2)9-14(13)17(19)20/h7-10,12,16H,3-6H2,1-2H3/t10-,12-/m0/s1. The van der Waals surface area contributed by atoms with Gasteiger partial charge < -0.3 is 10.1 Å². The second-order valence-electron chi connectivity index (χ2n) is 5.49. The van der Waals surface area contributed by atoms with Crippen molar-refractivity contribution in [3.05, 3.63) is 33.9 Å². The minimum Gasteiger partial charge on any atom is -0.465 e. The third kappa shape index (κ3) is 3.51. The molecule has 1 N–H and O–H groups in total. The first kappa shape index (κ1) is 15.3. The molecule has 0 heterocycles.